The van der Waals surface area contributed by atoms with E-state index in [1.165, 1.54) is 6.07 Å². The Balaban J connectivity index is 2.31. The van der Waals surface area contributed by atoms with Crippen LogP contribution in [0.25, 0.3) is 0 Å². The van der Waals surface area contributed by atoms with E-state index in [4.69, 9.17) is 4.74 Å². The molecule has 0 aromatic heterocycles. The first-order valence-electron chi connectivity index (χ1n) is 6.59. The van der Waals surface area contributed by atoms with Gasteiger partial charge in [0.2, 0.25) is 0 Å². The van der Waals surface area contributed by atoms with Crippen molar-refractivity contribution in [2.45, 2.75) is 31.6 Å². The molecule has 0 saturated carbocycles. The first-order valence-corrected chi connectivity index (χ1v) is 7.38. The zero-order valence-corrected chi connectivity index (χ0v) is 13.6. The van der Waals surface area contributed by atoms with Crippen molar-refractivity contribution < 1.29 is 41.0 Å². The Morgan fingerprint density at radius 2 is 1.79 bits per heavy atom. The molecular weight excluding hydrogens is 407 g/mol. The van der Waals surface area contributed by atoms with E-state index in [1.807, 2.05) is 0 Å². The number of esters is 2. The minimum absolute atomic E-state index is 0.0700. The molecular formula is C14H12BrF5O4. The van der Waals surface area contributed by atoms with Crippen LogP contribution in [0.3, 0.4) is 0 Å². The standard InChI is InChI=1S/C14H12BrF5O4/c15-9-6-8(16)4-5-10(9)24-12(22)3-1-2-11(21)23-7-14(19,20)13(17)18/h4-6,13H,1-3,7H2. The summed E-state index contributed by atoms with van der Waals surface area (Å²) in [6.45, 7) is -1.73. The topological polar surface area (TPSA) is 52.6 Å². The summed E-state index contributed by atoms with van der Waals surface area (Å²) in [6.07, 6.45) is -4.69. The van der Waals surface area contributed by atoms with Gasteiger partial charge < -0.3 is 9.47 Å². The van der Waals surface area contributed by atoms with Crippen LogP contribution in [0.5, 0.6) is 5.75 Å². The van der Waals surface area contributed by atoms with Crippen LogP contribution in [0, 0.1) is 5.82 Å². The Morgan fingerprint density at radius 3 is 2.38 bits per heavy atom. The number of ether oxygens (including phenoxy) is 2. The second-order valence-corrected chi connectivity index (χ2v) is 5.48. The van der Waals surface area contributed by atoms with E-state index in [9.17, 15) is 31.5 Å². The van der Waals surface area contributed by atoms with Crippen LogP contribution in [0.2, 0.25) is 0 Å². The summed E-state index contributed by atoms with van der Waals surface area (Å²) in [5.74, 6) is -6.76. The monoisotopic (exact) mass is 418 g/mol. The zero-order chi connectivity index (χ0) is 18.3. The summed E-state index contributed by atoms with van der Waals surface area (Å²) in [7, 11) is 0. The van der Waals surface area contributed by atoms with E-state index in [0.717, 1.165) is 12.1 Å². The van der Waals surface area contributed by atoms with Crippen molar-refractivity contribution in [3.05, 3.63) is 28.5 Å². The molecule has 0 amide bonds. The van der Waals surface area contributed by atoms with Crippen molar-refractivity contribution in [3.8, 4) is 5.75 Å². The molecule has 0 heterocycles. The van der Waals surface area contributed by atoms with Gasteiger partial charge in [0.1, 0.15) is 11.6 Å². The maximum Gasteiger partial charge on any atom is 0.340 e. The minimum Gasteiger partial charge on any atom is -0.459 e. The SMILES string of the molecule is O=C(CCCC(=O)Oc1ccc(F)cc1Br)OCC(F)(F)C(F)F. The third-order valence-electron chi connectivity index (χ3n) is 2.62. The quantitative estimate of drug-likeness (QED) is 0.362. The van der Waals surface area contributed by atoms with Crippen molar-refractivity contribution in [3.63, 3.8) is 0 Å². The number of halogens is 6. The van der Waals surface area contributed by atoms with Crippen molar-refractivity contribution in [2.24, 2.45) is 0 Å². The fourth-order valence-corrected chi connectivity index (χ4v) is 1.85. The Labute approximate surface area is 142 Å². The van der Waals surface area contributed by atoms with E-state index in [0.29, 0.717) is 0 Å². The number of alkyl halides is 4. The molecule has 1 aromatic carbocycles. The van der Waals surface area contributed by atoms with E-state index >= 15 is 0 Å². The normalized spacial score (nSPS) is 11.5. The van der Waals surface area contributed by atoms with Gasteiger partial charge in [0.05, 0.1) is 4.47 Å². The third kappa shape index (κ3) is 6.81. The van der Waals surface area contributed by atoms with Crippen LogP contribution >= 0.6 is 15.9 Å². The first-order chi connectivity index (χ1) is 11.1. The molecule has 4 nitrogen and oxygen atoms in total. The average molecular weight is 419 g/mol. The molecule has 0 radical (unpaired) electrons. The van der Waals surface area contributed by atoms with Crippen LogP contribution in [0.15, 0.2) is 22.7 Å². The lowest BCUT2D eigenvalue weighted by molar-refractivity contribution is -0.179. The molecule has 0 N–H and O–H groups in total. The van der Waals surface area contributed by atoms with Crippen LogP contribution in [0.1, 0.15) is 19.3 Å². The Kier molecular flexibility index (Phi) is 7.59. The molecule has 0 spiro atoms. The molecule has 0 unspecified atom stereocenters. The summed E-state index contributed by atoms with van der Waals surface area (Å²) < 4.78 is 70.8. The van der Waals surface area contributed by atoms with E-state index in [-0.39, 0.29) is 23.1 Å². The second kappa shape index (κ2) is 8.95. The summed E-state index contributed by atoms with van der Waals surface area (Å²) >= 11 is 2.99. The number of carbonyl (C=O) groups is 2. The second-order valence-electron chi connectivity index (χ2n) is 4.62. The van der Waals surface area contributed by atoms with Crippen molar-refractivity contribution >= 4 is 27.9 Å². The highest BCUT2D eigenvalue weighted by Crippen LogP contribution is 2.26. The van der Waals surface area contributed by atoms with Crippen molar-refractivity contribution in [1.82, 2.24) is 0 Å². The smallest absolute Gasteiger partial charge is 0.340 e. The van der Waals surface area contributed by atoms with Crippen LogP contribution in [-0.4, -0.2) is 30.9 Å². The lowest BCUT2D eigenvalue weighted by Crippen LogP contribution is -2.33. The van der Waals surface area contributed by atoms with Crippen LogP contribution in [-0.2, 0) is 14.3 Å². The van der Waals surface area contributed by atoms with Gasteiger partial charge in [-0.05, 0) is 40.5 Å². The van der Waals surface area contributed by atoms with E-state index in [2.05, 4.69) is 20.7 Å². The molecule has 1 rings (SSSR count). The van der Waals surface area contributed by atoms with Crippen LogP contribution in [0.4, 0.5) is 22.0 Å². The molecule has 0 bridgehead atoms. The summed E-state index contributed by atoms with van der Waals surface area (Å²) in [4.78, 5) is 22.7. The first kappa shape index (κ1) is 20.3. The number of benzene rings is 1. The van der Waals surface area contributed by atoms with Gasteiger partial charge >= 0.3 is 24.3 Å². The molecule has 0 aliphatic heterocycles. The Hall–Kier alpha value is -1.71. The summed E-state index contributed by atoms with van der Waals surface area (Å²) in [5.41, 5.74) is 0. The van der Waals surface area contributed by atoms with Gasteiger partial charge in [0, 0.05) is 12.8 Å². The fraction of sp³-hybridized carbons (Fsp3) is 0.429. The molecule has 10 heteroatoms. The molecule has 0 saturated heterocycles. The molecule has 1 aromatic rings. The highest BCUT2D eigenvalue weighted by Gasteiger charge is 2.42. The lowest BCUT2D eigenvalue weighted by Gasteiger charge is -2.14. The maximum absolute atomic E-state index is 12.9. The minimum atomic E-state index is -4.41. The van der Waals surface area contributed by atoms with Gasteiger partial charge in [-0.3, -0.25) is 9.59 Å². The summed E-state index contributed by atoms with van der Waals surface area (Å²) in [6, 6.07) is 3.38. The number of carbonyl (C=O) groups excluding carboxylic acids is 2. The van der Waals surface area contributed by atoms with Crippen molar-refractivity contribution in [1.29, 1.82) is 0 Å². The lowest BCUT2D eigenvalue weighted by atomic mass is 10.2. The number of hydrogen-bond donors (Lipinski definition) is 0. The predicted octanol–water partition coefficient (Wildman–Crippen LogP) is 4.11. The zero-order valence-electron chi connectivity index (χ0n) is 12.0. The molecule has 24 heavy (non-hydrogen) atoms. The summed E-state index contributed by atoms with van der Waals surface area (Å²) in [5, 5.41) is 0. The van der Waals surface area contributed by atoms with E-state index < -0.39 is 43.1 Å². The fourth-order valence-electron chi connectivity index (χ4n) is 1.42. The van der Waals surface area contributed by atoms with Gasteiger partial charge in [0.15, 0.2) is 6.61 Å². The predicted molar refractivity (Wildman–Crippen MR) is 75.5 cm³/mol. The Morgan fingerprint density at radius 1 is 1.17 bits per heavy atom. The van der Waals surface area contributed by atoms with Gasteiger partial charge in [-0.25, -0.2) is 13.2 Å². The third-order valence-corrected chi connectivity index (χ3v) is 3.24. The Bertz CT molecular complexity index is 595. The molecule has 0 aliphatic rings. The number of rotatable bonds is 8. The van der Waals surface area contributed by atoms with Crippen LogP contribution < -0.4 is 4.74 Å². The average Bonchev–Trinajstić information content (AvgIpc) is 2.48. The van der Waals surface area contributed by atoms with Gasteiger partial charge in [-0.1, -0.05) is 0 Å². The largest absolute Gasteiger partial charge is 0.459 e. The highest BCUT2D eigenvalue weighted by atomic mass is 79.9. The molecule has 0 atom stereocenters. The highest BCUT2D eigenvalue weighted by molar-refractivity contribution is 9.10. The molecule has 0 fully saturated rings. The molecule has 134 valence electrons. The van der Waals surface area contributed by atoms with Gasteiger partial charge in [0.25, 0.3) is 0 Å². The molecule has 0 aliphatic carbocycles. The van der Waals surface area contributed by atoms with Gasteiger partial charge in [-0.2, -0.15) is 8.78 Å². The van der Waals surface area contributed by atoms with E-state index in [1.54, 1.807) is 0 Å². The van der Waals surface area contributed by atoms with Gasteiger partial charge in [-0.15, -0.1) is 0 Å². The maximum atomic E-state index is 12.9. The van der Waals surface area contributed by atoms with Crippen molar-refractivity contribution in [2.75, 3.05) is 6.61 Å². The number of hydrogen-bond acceptors (Lipinski definition) is 4.